The highest BCUT2D eigenvalue weighted by atomic mass is 16.2. The Bertz CT molecular complexity index is 953. The van der Waals surface area contributed by atoms with Crippen molar-refractivity contribution in [1.29, 1.82) is 0 Å². The molecule has 0 heterocycles. The van der Waals surface area contributed by atoms with Crippen molar-refractivity contribution < 1.29 is 9.59 Å². The van der Waals surface area contributed by atoms with Crippen LogP contribution in [-0.2, 0) is 15.0 Å². The van der Waals surface area contributed by atoms with Crippen LogP contribution in [0.15, 0.2) is 84.9 Å². The largest absolute Gasteiger partial charge is 0.347 e. The minimum atomic E-state index is -0.661. The lowest BCUT2D eigenvalue weighted by molar-refractivity contribution is -0.136. The van der Waals surface area contributed by atoms with Gasteiger partial charge in [0, 0.05) is 18.2 Å². The van der Waals surface area contributed by atoms with Crippen LogP contribution in [0.1, 0.15) is 43.4 Å². The number of nitrogens with one attached hydrogen (secondary N) is 2. The highest BCUT2D eigenvalue weighted by Gasteiger charge is 2.22. The van der Waals surface area contributed by atoms with Crippen LogP contribution in [0.2, 0.25) is 0 Å². The topological polar surface area (TPSA) is 58.2 Å². The Morgan fingerprint density at radius 1 is 0.733 bits per heavy atom. The molecule has 4 heteroatoms. The average molecular weight is 401 g/mol. The van der Waals surface area contributed by atoms with E-state index in [1.165, 1.54) is 0 Å². The van der Waals surface area contributed by atoms with Crippen LogP contribution in [0.25, 0.3) is 0 Å². The molecule has 4 nitrogen and oxygen atoms in total. The Morgan fingerprint density at radius 2 is 1.23 bits per heavy atom. The molecule has 2 N–H and O–H groups in total. The van der Waals surface area contributed by atoms with Crippen LogP contribution in [0.4, 0.5) is 5.69 Å². The van der Waals surface area contributed by atoms with Gasteiger partial charge < -0.3 is 10.6 Å². The molecule has 0 spiro atoms. The smallest absolute Gasteiger partial charge is 0.313 e. The van der Waals surface area contributed by atoms with E-state index in [-0.39, 0.29) is 11.3 Å². The van der Waals surface area contributed by atoms with Gasteiger partial charge in [-0.25, -0.2) is 0 Å². The van der Waals surface area contributed by atoms with E-state index in [1.807, 2.05) is 84.9 Å². The summed E-state index contributed by atoms with van der Waals surface area (Å²) in [6, 6.07) is 27.5. The summed E-state index contributed by atoms with van der Waals surface area (Å²) >= 11 is 0. The summed E-state index contributed by atoms with van der Waals surface area (Å²) in [6.45, 7) is 6.55. The third kappa shape index (κ3) is 5.35. The standard InChI is InChI=1S/C26H28N2O2/c1-26(2,3)22-16-10-11-17-23(22)28-25(30)24(29)27-18-21(19-12-6-4-7-13-19)20-14-8-5-9-15-20/h4-17,21H,18H2,1-3H3,(H,27,29)(H,28,30). The Labute approximate surface area is 178 Å². The van der Waals surface area contributed by atoms with Gasteiger partial charge in [0.05, 0.1) is 0 Å². The van der Waals surface area contributed by atoms with Gasteiger partial charge in [-0.1, -0.05) is 99.6 Å². The molecule has 0 aliphatic rings. The molecule has 30 heavy (non-hydrogen) atoms. The van der Waals surface area contributed by atoms with Crippen molar-refractivity contribution in [3.05, 3.63) is 102 Å². The van der Waals surface area contributed by atoms with Crippen LogP contribution < -0.4 is 10.6 Å². The second kappa shape index (κ2) is 9.40. The van der Waals surface area contributed by atoms with Gasteiger partial charge in [0.1, 0.15) is 0 Å². The van der Waals surface area contributed by atoms with Gasteiger partial charge in [0.2, 0.25) is 0 Å². The number of benzene rings is 3. The Morgan fingerprint density at radius 3 is 1.77 bits per heavy atom. The number of carbonyl (C=O) groups is 2. The second-order valence-corrected chi connectivity index (χ2v) is 8.33. The Hall–Kier alpha value is -3.40. The molecule has 0 atom stereocenters. The lowest BCUT2D eigenvalue weighted by Crippen LogP contribution is -2.38. The number of amides is 2. The first-order valence-electron chi connectivity index (χ1n) is 10.1. The zero-order valence-electron chi connectivity index (χ0n) is 17.7. The van der Waals surface area contributed by atoms with Crippen LogP contribution >= 0.6 is 0 Å². The van der Waals surface area contributed by atoms with Crippen molar-refractivity contribution in [1.82, 2.24) is 5.32 Å². The molecule has 3 aromatic carbocycles. The lowest BCUT2D eigenvalue weighted by atomic mass is 9.86. The molecule has 2 amide bonds. The highest BCUT2D eigenvalue weighted by molar-refractivity contribution is 6.39. The molecule has 0 aliphatic heterocycles. The molecule has 0 aliphatic carbocycles. The maximum atomic E-state index is 12.6. The molecule has 0 radical (unpaired) electrons. The van der Waals surface area contributed by atoms with Gasteiger partial charge in [-0.2, -0.15) is 0 Å². The van der Waals surface area contributed by atoms with E-state index >= 15 is 0 Å². The SMILES string of the molecule is CC(C)(C)c1ccccc1NC(=O)C(=O)NCC(c1ccccc1)c1ccccc1. The van der Waals surface area contributed by atoms with Crippen molar-refractivity contribution in [2.24, 2.45) is 0 Å². The van der Waals surface area contributed by atoms with Gasteiger partial charge in [-0.05, 0) is 28.2 Å². The normalized spacial score (nSPS) is 11.2. The maximum absolute atomic E-state index is 12.6. The Kier molecular flexibility index (Phi) is 6.68. The van der Waals surface area contributed by atoms with Crippen molar-refractivity contribution in [2.75, 3.05) is 11.9 Å². The molecule has 0 fully saturated rings. The van der Waals surface area contributed by atoms with Crippen LogP contribution in [0.5, 0.6) is 0 Å². The van der Waals surface area contributed by atoms with Crippen molar-refractivity contribution in [3.63, 3.8) is 0 Å². The summed E-state index contributed by atoms with van der Waals surface area (Å²) in [7, 11) is 0. The molecule has 3 rings (SSSR count). The number of hydrogen-bond acceptors (Lipinski definition) is 2. The van der Waals surface area contributed by atoms with E-state index in [0.29, 0.717) is 12.2 Å². The summed E-state index contributed by atoms with van der Waals surface area (Å²) in [5.74, 6) is -1.34. The molecule has 0 saturated carbocycles. The molecule has 0 aromatic heterocycles. The summed E-state index contributed by atoms with van der Waals surface area (Å²) in [4.78, 5) is 25.1. The fourth-order valence-corrected chi connectivity index (χ4v) is 3.50. The van der Waals surface area contributed by atoms with E-state index in [0.717, 1.165) is 16.7 Å². The van der Waals surface area contributed by atoms with Gasteiger partial charge in [-0.3, -0.25) is 9.59 Å². The average Bonchev–Trinajstić information content (AvgIpc) is 2.75. The zero-order valence-corrected chi connectivity index (χ0v) is 17.7. The third-order valence-corrected chi connectivity index (χ3v) is 5.06. The van der Waals surface area contributed by atoms with Crippen molar-refractivity contribution in [2.45, 2.75) is 32.1 Å². The van der Waals surface area contributed by atoms with E-state index in [2.05, 4.69) is 31.4 Å². The number of anilines is 1. The van der Waals surface area contributed by atoms with Crippen LogP contribution in [0, 0.1) is 0 Å². The number of para-hydroxylation sites is 1. The summed E-state index contributed by atoms with van der Waals surface area (Å²) in [6.07, 6.45) is 0. The van der Waals surface area contributed by atoms with Crippen LogP contribution in [0.3, 0.4) is 0 Å². The summed E-state index contributed by atoms with van der Waals surface area (Å²) < 4.78 is 0. The van der Waals surface area contributed by atoms with E-state index in [4.69, 9.17) is 0 Å². The predicted octanol–water partition coefficient (Wildman–Crippen LogP) is 4.87. The quantitative estimate of drug-likeness (QED) is 0.600. The van der Waals surface area contributed by atoms with Crippen molar-refractivity contribution in [3.8, 4) is 0 Å². The molecule has 0 bridgehead atoms. The van der Waals surface area contributed by atoms with Gasteiger partial charge in [0.15, 0.2) is 0 Å². The monoisotopic (exact) mass is 400 g/mol. The summed E-state index contributed by atoms with van der Waals surface area (Å²) in [5.41, 5.74) is 3.67. The number of hydrogen-bond donors (Lipinski definition) is 2. The minimum absolute atomic E-state index is 0.0361. The minimum Gasteiger partial charge on any atom is -0.347 e. The van der Waals surface area contributed by atoms with Gasteiger partial charge in [-0.15, -0.1) is 0 Å². The first kappa shape index (κ1) is 21.3. The van der Waals surface area contributed by atoms with E-state index in [1.54, 1.807) is 0 Å². The zero-order chi connectivity index (χ0) is 21.6. The maximum Gasteiger partial charge on any atom is 0.313 e. The van der Waals surface area contributed by atoms with E-state index < -0.39 is 11.8 Å². The summed E-state index contributed by atoms with van der Waals surface area (Å²) in [5, 5.41) is 5.58. The molecule has 3 aromatic rings. The fraction of sp³-hybridized carbons (Fsp3) is 0.231. The first-order chi connectivity index (χ1) is 14.4. The van der Waals surface area contributed by atoms with E-state index in [9.17, 15) is 9.59 Å². The van der Waals surface area contributed by atoms with Gasteiger partial charge in [0.25, 0.3) is 0 Å². The number of carbonyl (C=O) groups excluding carboxylic acids is 2. The molecule has 154 valence electrons. The highest BCUT2D eigenvalue weighted by Crippen LogP contribution is 2.29. The molecule has 0 unspecified atom stereocenters. The Balaban J connectivity index is 1.71. The molecular weight excluding hydrogens is 372 g/mol. The lowest BCUT2D eigenvalue weighted by Gasteiger charge is -2.23. The molecule has 0 saturated heterocycles. The second-order valence-electron chi connectivity index (χ2n) is 8.33. The third-order valence-electron chi connectivity index (χ3n) is 5.06. The molecular formula is C26H28N2O2. The van der Waals surface area contributed by atoms with Gasteiger partial charge >= 0.3 is 11.8 Å². The predicted molar refractivity (Wildman–Crippen MR) is 122 cm³/mol. The first-order valence-corrected chi connectivity index (χ1v) is 10.1. The van der Waals surface area contributed by atoms with Crippen molar-refractivity contribution >= 4 is 17.5 Å². The van der Waals surface area contributed by atoms with Crippen LogP contribution in [-0.4, -0.2) is 18.4 Å². The number of rotatable bonds is 5. The fourth-order valence-electron chi connectivity index (χ4n) is 3.50.